The summed E-state index contributed by atoms with van der Waals surface area (Å²) in [5, 5.41) is 12.5. The van der Waals surface area contributed by atoms with E-state index >= 15 is 0 Å². The molecule has 0 aliphatic carbocycles. The molecule has 1 aromatic rings. The Kier molecular flexibility index (Phi) is 4.69. The molecule has 0 aromatic heterocycles. The van der Waals surface area contributed by atoms with Gasteiger partial charge in [0, 0.05) is 31.7 Å². The summed E-state index contributed by atoms with van der Waals surface area (Å²) in [6.45, 7) is 2.06. The van der Waals surface area contributed by atoms with Crippen molar-refractivity contribution in [1.29, 1.82) is 0 Å². The summed E-state index contributed by atoms with van der Waals surface area (Å²) in [6.07, 6.45) is -4.86. The number of nitrogens with one attached hydrogen (secondary N) is 1. The molecule has 0 amide bonds. The van der Waals surface area contributed by atoms with Crippen LogP contribution in [0.5, 0.6) is 5.75 Å². The Balaban J connectivity index is 2.33. The van der Waals surface area contributed by atoms with Gasteiger partial charge in [-0.25, -0.2) is 0 Å². The summed E-state index contributed by atoms with van der Waals surface area (Å²) in [4.78, 5) is 13.1. The van der Waals surface area contributed by atoms with Gasteiger partial charge < -0.3 is 15.2 Å². The van der Waals surface area contributed by atoms with Gasteiger partial charge in [-0.05, 0) is 6.07 Å². The molecule has 8 heteroatoms. The van der Waals surface area contributed by atoms with E-state index in [0.717, 1.165) is 6.07 Å². The molecule has 1 fully saturated rings. The Morgan fingerprint density at radius 3 is 2.48 bits per heavy atom. The van der Waals surface area contributed by atoms with E-state index < -0.39 is 24.1 Å². The highest BCUT2D eigenvalue weighted by Gasteiger charge is 2.36. The topological polar surface area (TPSA) is 61.8 Å². The van der Waals surface area contributed by atoms with Crippen molar-refractivity contribution in [3.8, 4) is 5.75 Å². The predicted octanol–water partition coefficient (Wildman–Crippen LogP) is 1.62. The Labute approximate surface area is 119 Å². The van der Waals surface area contributed by atoms with Crippen molar-refractivity contribution in [3.63, 3.8) is 0 Å². The lowest BCUT2D eigenvalue weighted by Crippen LogP contribution is -2.47. The van der Waals surface area contributed by atoms with Crippen LogP contribution in [0.25, 0.3) is 0 Å². The van der Waals surface area contributed by atoms with Crippen molar-refractivity contribution in [2.45, 2.75) is 12.4 Å². The quantitative estimate of drug-likeness (QED) is 0.885. The minimum absolute atomic E-state index is 0.00391. The van der Waals surface area contributed by atoms with Gasteiger partial charge in [-0.1, -0.05) is 18.2 Å². The summed E-state index contributed by atoms with van der Waals surface area (Å²) < 4.78 is 41.3. The molecule has 21 heavy (non-hydrogen) atoms. The number of hydrogen-bond donors (Lipinski definition) is 2. The molecule has 1 aliphatic rings. The zero-order valence-corrected chi connectivity index (χ0v) is 11.1. The first-order valence-corrected chi connectivity index (χ1v) is 6.41. The molecule has 5 nitrogen and oxygen atoms in total. The highest BCUT2D eigenvalue weighted by Crippen LogP contribution is 2.33. The van der Waals surface area contributed by atoms with Crippen molar-refractivity contribution >= 4 is 5.97 Å². The van der Waals surface area contributed by atoms with Crippen molar-refractivity contribution in [1.82, 2.24) is 10.2 Å². The van der Waals surface area contributed by atoms with Crippen molar-refractivity contribution in [3.05, 3.63) is 29.8 Å². The Bertz CT molecular complexity index is 502. The number of alkyl halides is 3. The molecule has 1 aliphatic heterocycles. The number of benzene rings is 1. The van der Waals surface area contributed by atoms with E-state index in [1.807, 2.05) is 0 Å². The number of ether oxygens (including phenoxy) is 1. The molecular weight excluding hydrogens is 289 g/mol. The lowest BCUT2D eigenvalue weighted by molar-refractivity contribution is -0.275. The maximum absolute atomic E-state index is 12.4. The van der Waals surface area contributed by atoms with Gasteiger partial charge in [0.25, 0.3) is 0 Å². The second-order valence-electron chi connectivity index (χ2n) is 4.61. The minimum Gasteiger partial charge on any atom is -0.480 e. The molecule has 1 heterocycles. The monoisotopic (exact) mass is 304 g/mol. The molecule has 0 bridgehead atoms. The van der Waals surface area contributed by atoms with Crippen LogP contribution in [0.2, 0.25) is 0 Å². The van der Waals surface area contributed by atoms with E-state index in [9.17, 15) is 23.1 Å². The summed E-state index contributed by atoms with van der Waals surface area (Å²) >= 11 is 0. The van der Waals surface area contributed by atoms with Crippen LogP contribution in [0.15, 0.2) is 24.3 Å². The third-order valence-electron chi connectivity index (χ3n) is 3.19. The third-order valence-corrected chi connectivity index (χ3v) is 3.19. The number of hydrogen-bond acceptors (Lipinski definition) is 4. The van der Waals surface area contributed by atoms with Crippen molar-refractivity contribution < 1.29 is 27.8 Å². The maximum Gasteiger partial charge on any atom is 0.573 e. The maximum atomic E-state index is 12.4. The van der Waals surface area contributed by atoms with Crippen LogP contribution in [0.4, 0.5) is 13.2 Å². The average molecular weight is 304 g/mol. The van der Waals surface area contributed by atoms with Crippen molar-refractivity contribution in [2.24, 2.45) is 0 Å². The fourth-order valence-corrected chi connectivity index (χ4v) is 2.35. The normalized spacial score (nSPS) is 18.2. The van der Waals surface area contributed by atoms with Crippen LogP contribution >= 0.6 is 0 Å². The number of rotatable bonds is 4. The first kappa shape index (κ1) is 15.6. The SMILES string of the molecule is O=C(O)C(c1ccccc1OC(F)(F)F)N1CCNCC1. The van der Waals surface area contributed by atoms with Crippen LogP contribution < -0.4 is 10.1 Å². The summed E-state index contributed by atoms with van der Waals surface area (Å²) in [6, 6.07) is 4.19. The lowest BCUT2D eigenvalue weighted by atomic mass is 10.0. The molecule has 0 saturated carbocycles. The summed E-state index contributed by atoms with van der Waals surface area (Å²) in [5.41, 5.74) is 0.00391. The van der Waals surface area contributed by atoms with Crippen LogP contribution in [0, 0.1) is 0 Å². The third kappa shape index (κ3) is 4.08. The molecule has 2 N–H and O–H groups in total. The highest BCUT2D eigenvalue weighted by atomic mass is 19.4. The molecule has 1 atom stereocenters. The number of carboxylic acid groups (broad SMARTS) is 1. The zero-order valence-electron chi connectivity index (χ0n) is 11.1. The molecule has 1 aromatic carbocycles. The molecule has 1 saturated heterocycles. The van der Waals surface area contributed by atoms with Crippen molar-refractivity contribution in [2.75, 3.05) is 26.2 Å². The number of aliphatic carboxylic acids is 1. The fraction of sp³-hybridized carbons (Fsp3) is 0.462. The highest BCUT2D eigenvalue weighted by molar-refractivity contribution is 5.76. The Hall–Kier alpha value is -1.80. The van der Waals surface area contributed by atoms with Gasteiger partial charge >= 0.3 is 12.3 Å². The second-order valence-corrected chi connectivity index (χ2v) is 4.61. The molecule has 0 radical (unpaired) electrons. The van der Waals surface area contributed by atoms with Crippen LogP contribution in [0.1, 0.15) is 11.6 Å². The number of nitrogens with zero attached hydrogens (tertiary/aromatic N) is 1. The standard InChI is InChI=1S/C13H15F3N2O3/c14-13(15,16)21-10-4-2-1-3-9(10)11(12(19)20)18-7-5-17-6-8-18/h1-4,11,17H,5-8H2,(H,19,20). The largest absolute Gasteiger partial charge is 0.573 e. The van der Waals surface area contributed by atoms with E-state index in [0.29, 0.717) is 26.2 Å². The molecule has 116 valence electrons. The van der Waals surface area contributed by atoms with E-state index in [4.69, 9.17) is 0 Å². The smallest absolute Gasteiger partial charge is 0.480 e. The van der Waals surface area contributed by atoms with E-state index in [-0.39, 0.29) is 5.56 Å². The summed E-state index contributed by atoms with van der Waals surface area (Å²) in [7, 11) is 0. The minimum atomic E-state index is -4.86. The fourth-order valence-electron chi connectivity index (χ4n) is 2.35. The Morgan fingerprint density at radius 1 is 1.29 bits per heavy atom. The van der Waals surface area contributed by atoms with Gasteiger partial charge in [0.1, 0.15) is 11.8 Å². The molecular formula is C13H15F3N2O3. The van der Waals surface area contributed by atoms with Crippen LogP contribution in [-0.4, -0.2) is 48.5 Å². The van der Waals surface area contributed by atoms with Crippen LogP contribution in [0.3, 0.4) is 0 Å². The van der Waals surface area contributed by atoms with E-state index in [1.165, 1.54) is 18.2 Å². The zero-order chi connectivity index (χ0) is 15.5. The van der Waals surface area contributed by atoms with Gasteiger partial charge in [-0.2, -0.15) is 0 Å². The first-order valence-electron chi connectivity index (χ1n) is 6.41. The number of carbonyl (C=O) groups is 1. The number of para-hydroxylation sites is 1. The van der Waals surface area contributed by atoms with E-state index in [1.54, 1.807) is 4.90 Å². The van der Waals surface area contributed by atoms with Crippen LogP contribution in [-0.2, 0) is 4.79 Å². The average Bonchev–Trinajstić information content (AvgIpc) is 2.40. The lowest BCUT2D eigenvalue weighted by Gasteiger charge is -2.33. The first-order chi connectivity index (χ1) is 9.88. The van der Waals surface area contributed by atoms with Gasteiger partial charge in [0.15, 0.2) is 0 Å². The number of halogens is 3. The number of carboxylic acids is 1. The predicted molar refractivity (Wildman–Crippen MR) is 67.9 cm³/mol. The molecule has 1 unspecified atom stereocenters. The van der Waals surface area contributed by atoms with Gasteiger partial charge in [-0.3, -0.25) is 9.69 Å². The number of piperazine rings is 1. The van der Waals surface area contributed by atoms with E-state index in [2.05, 4.69) is 10.1 Å². The summed E-state index contributed by atoms with van der Waals surface area (Å²) in [5.74, 6) is -1.67. The second kappa shape index (κ2) is 6.31. The Morgan fingerprint density at radius 2 is 1.90 bits per heavy atom. The van der Waals surface area contributed by atoms with Gasteiger partial charge in [0.2, 0.25) is 0 Å². The van der Waals surface area contributed by atoms with Gasteiger partial charge in [0.05, 0.1) is 0 Å². The van der Waals surface area contributed by atoms with Gasteiger partial charge in [-0.15, -0.1) is 13.2 Å². The molecule has 0 spiro atoms. The molecule has 2 rings (SSSR count).